The molecule has 1 aromatic carbocycles. The standard InChI is InChI=1S/C15H19N3O3/c1-9-5-10(16)8-17-15(9)18-11-6-12(19-2)14(21-4)13(7-11)20-3/h5-8H,16H2,1-4H3,(H,17,18). The number of hydrogen-bond donors (Lipinski definition) is 2. The molecule has 0 radical (unpaired) electrons. The first-order valence-corrected chi connectivity index (χ1v) is 6.38. The fraction of sp³-hybridized carbons (Fsp3) is 0.267. The maximum Gasteiger partial charge on any atom is 0.203 e. The molecule has 0 amide bonds. The number of nitrogens with two attached hydrogens (primary N) is 1. The number of benzene rings is 1. The van der Waals surface area contributed by atoms with E-state index >= 15 is 0 Å². The number of methoxy groups -OCH3 is 3. The fourth-order valence-corrected chi connectivity index (χ4v) is 2.02. The summed E-state index contributed by atoms with van der Waals surface area (Å²) in [5.41, 5.74) is 8.06. The molecule has 0 fully saturated rings. The van der Waals surface area contributed by atoms with Crippen LogP contribution in [0.25, 0.3) is 0 Å². The van der Waals surface area contributed by atoms with Crippen LogP contribution < -0.4 is 25.3 Å². The van der Waals surface area contributed by atoms with E-state index in [4.69, 9.17) is 19.9 Å². The normalized spacial score (nSPS) is 10.1. The van der Waals surface area contributed by atoms with Crippen LogP contribution in [-0.2, 0) is 0 Å². The van der Waals surface area contributed by atoms with Gasteiger partial charge in [-0.05, 0) is 18.6 Å². The predicted molar refractivity (Wildman–Crippen MR) is 82.8 cm³/mol. The summed E-state index contributed by atoms with van der Waals surface area (Å²) in [7, 11) is 4.72. The molecule has 0 aliphatic carbocycles. The van der Waals surface area contributed by atoms with Gasteiger partial charge in [-0.1, -0.05) is 0 Å². The molecular formula is C15H19N3O3. The number of hydrogen-bond acceptors (Lipinski definition) is 6. The molecule has 0 unspecified atom stereocenters. The number of aryl methyl sites for hydroxylation is 1. The maximum absolute atomic E-state index is 5.70. The molecule has 0 aliphatic heterocycles. The zero-order valence-corrected chi connectivity index (χ0v) is 12.6. The average molecular weight is 289 g/mol. The molecule has 112 valence electrons. The minimum absolute atomic E-state index is 0.549. The number of aromatic nitrogens is 1. The van der Waals surface area contributed by atoms with Crippen molar-refractivity contribution in [3.05, 3.63) is 30.0 Å². The van der Waals surface area contributed by atoms with E-state index in [1.165, 1.54) is 0 Å². The van der Waals surface area contributed by atoms with Gasteiger partial charge in [0.2, 0.25) is 5.75 Å². The lowest BCUT2D eigenvalue weighted by molar-refractivity contribution is 0.324. The molecule has 2 aromatic rings. The van der Waals surface area contributed by atoms with Crippen molar-refractivity contribution >= 4 is 17.2 Å². The van der Waals surface area contributed by atoms with Gasteiger partial charge in [0.1, 0.15) is 5.82 Å². The van der Waals surface area contributed by atoms with Crippen LogP contribution in [0.4, 0.5) is 17.2 Å². The van der Waals surface area contributed by atoms with E-state index in [1.807, 2.05) is 25.1 Å². The summed E-state index contributed by atoms with van der Waals surface area (Å²) in [4.78, 5) is 4.28. The SMILES string of the molecule is COc1cc(Nc2ncc(N)cc2C)cc(OC)c1OC. The van der Waals surface area contributed by atoms with Gasteiger partial charge >= 0.3 is 0 Å². The third kappa shape index (κ3) is 3.10. The van der Waals surface area contributed by atoms with Crippen LogP contribution in [0.3, 0.4) is 0 Å². The van der Waals surface area contributed by atoms with E-state index in [1.54, 1.807) is 27.5 Å². The number of pyridine rings is 1. The monoisotopic (exact) mass is 289 g/mol. The molecule has 0 aliphatic rings. The largest absolute Gasteiger partial charge is 0.493 e. The summed E-state index contributed by atoms with van der Waals surface area (Å²) in [6.07, 6.45) is 1.60. The van der Waals surface area contributed by atoms with Crippen molar-refractivity contribution in [1.29, 1.82) is 0 Å². The number of anilines is 3. The minimum atomic E-state index is 0.549. The molecule has 1 heterocycles. The summed E-state index contributed by atoms with van der Waals surface area (Å²) in [6.45, 7) is 1.93. The number of nitrogen functional groups attached to an aromatic ring is 1. The lowest BCUT2D eigenvalue weighted by atomic mass is 10.2. The molecule has 3 N–H and O–H groups in total. The van der Waals surface area contributed by atoms with Crippen molar-refractivity contribution in [2.45, 2.75) is 6.92 Å². The van der Waals surface area contributed by atoms with Gasteiger partial charge in [-0.25, -0.2) is 4.98 Å². The third-order valence-corrected chi connectivity index (χ3v) is 3.03. The Bertz CT molecular complexity index is 619. The third-order valence-electron chi connectivity index (χ3n) is 3.03. The molecular weight excluding hydrogens is 270 g/mol. The molecule has 6 heteroatoms. The van der Waals surface area contributed by atoms with Crippen molar-refractivity contribution in [1.82, 2.24) is 4.98 Å². The topological polar surface area (TPSA) is 78.6 Å². The zero-order valence-electron chi connectivity index (χ0n) is 12.6. The Balaban J connectivity index is 2.40. The maximum atomic E-state index is 5.70. The van der Waals surface area contributed by atoms with Gasteiger partial charge in [0.05, 0.1) is 33.2 Å². The summed E-state index contributed by atoms with van der Waals surface area (Å²) < 4.78 is 15.9. The van der Waals surface area contributed by atoms with E-state index in [2.05, 4.69) is 10.3 Å². The van der Waals surface area contributed by atoms with E-state index in [-0.39, 0.29) is 0 Å². The summed E-state index contributed by atoms with van der Waals surface area (Å²) in [6, 6.07) is 5.49. The first-order chi connectivity index (χ1) is 10.1. The molecule has 0 spiro atoms. The van der Waals surface area contributed by atoms with Gasteiger partial charge < -0.3 is 25.3 Å². The second-order valence-corrected chi connectivity index (χ2v) is 4.47. The lowest BCUT2D eigenvalue weighted by Gasteiger charge is -2.15. The van der Waals surface area contributed by atoms with Crippen molar-refractivity contribution in [3.8, 4) is 17.2 Å². The van der Waals surface area contributed by atoms with Crippen LogP contribution in [0.15, 0.2) is 24.4 Å². The number of nitrogens with zero attached hydrogens (tertiary/aromatic N) is 1. The van der Waals surface area contributed by atoms with Crippen LogP contribution in [0, 0.1) is 6.92 Å². The Labute approximate surface area is 123 Å². The first kappa shape index (κ1) is 14.8. The van der Waals surface area contributed by atoms with Crippen LogP contribution in [0.1, 0.15) is 5.56 Å². The number of nitrogens with one attached hydrogen (secondary N) is 1. The summed E-state index contributed by atoms with van der Waals surface area (Å²) in [5, 5.41) is 3.22. The Kier molecular flexibility index (Phi) is 4.37. The van der Waals surface area contributed by atoms with Crippen molar-refractivity contribution in [2.75, 3.05) is 32.4 Å². The highest BCUT2D eigenvalue weighted by Gasteiger charge is 2.13. The number of rotatable bonds is 5. The van der Waals surface area contributed by atoms with Gasteiger partial charge in [0.25, 0.3) is 0 Å². The van der Waals surface area contributed by atoms with Crippen molar-refractivity contribution < 1.29 is 14.2 Å². The van der Waals surface area contributed by atoms with Crippen LogP contribution >= 0.6 is 0 Å². The molecule has 0 atom stereocenters. The number of ether oxygens (including phenoxy) is 3. The van der Waals surface area contributed by atoms with E-state index in [9.17, 15) is 0 Å². The average Bonchev–Trinajstić information content (AvgIpc) is 2.49. The van der Waals surface area contributed by atoms with Crippen LogP contribution in [0.5, 0.6) is 17.2 Å². The quantitative estimate of drug-likeness (QED) is 0.881. The van der Waals surface area contributed by atoms with Crippen LogP contribution in [-0.4, -0.2) is 26.3 Å². The van der Waals surface area contributed by atoms with Gasteiger partial charge in [0, 0.05) is 17.8 Å². The predicted octanol–water partition coefficient (Wildman–Crippen LogP) is 2.74. The molecule has 1 aromatic heterocycles. The lowest BCUT2D eigenvalue weighted by Crippen LogP contribution is -2.00. The van der Waals surface area contributed by atoms with Crippen molar-refractivity contribution in [2.24, 2.45) is 0 Å². The smallest absolute Gasteiger partial charge is 0.203 e. The van der Waals surface area contributed by atoms with E-state index in [0.717, 1.165) is 17.1 Å². The van der Waals surface area contributed by atoms with Crippen molar-refractivity contribution in [3.63, 3.8) is 0 Å². The highest BCUT2D eigenvalue weighted by molar-refractivity contribution is 5.68. The van der Waals surface area contributed by atoms with Gasteiger partial charge in [-0.2, -0.15) is 0 Å². The highest BCUT2D eigenvalue weighted by atomic mass is 16.5. The first-order valence-electron chi connectivity index (χ1n) is 6.38. The fourth-order valence-electron chi connectivity index (χ4n) is 2.02. The van der Waals surface area contributed by atoms with E-state index in [0.29, 0.717) is 22.9 Å². The minimum Gasteiger partial charge on any atom is -0.493 e. The molecule has 0 saturated heterocycles. The molecule has 2 rings (SSSR count). The Hall–Kier alpha value is -2.63. The molecule has 0 bridgehead atoms. The van der Waals surface area contributed by atoms with Gasteiger partial charge in [-0.15, -0.1) is 0 Å². The van der Waals surface area contributed by atoms with Gasteiger partial charge in [0.15, 0.2) is 11.5 Å². The molecule has 6 nitrogen and oxygen atoms in total. The van der Waals surface area contributed by atoms with E-state index < -0.39 is 0 Å². The summed E-state index contributed by atoms with van der Waals surface area (Å²) >= 11 is 0. The Morgan fingerprint density at radius 1 is 1.00 bits per heavy atom. The molecule has 21 heavy (non-hydrogen) atoms. The highest BCUT2D eigenvalue weighted by Crippen LogP contribution is 2.40. The van der Waals surface area contributed by atoms with Crippen LogP contribution in [0.2, 0.25) is 0 Å². The second kappa shape index (κ2) is 6.21. The van der Waals surface area contributed by atoms with Gasteiger partial charge in [-0.3, -0.25) is 0 Å². The Morgan fingerprint density at radius 2 is 1.62 bits per heavy atom. The second-order valence-electron chi connectivity index (χ2n) is 4.47. The molecule has 0 saturated carbocycles. The zero-order chi connectivity index (χ0) is 15.4. The summed E-state index contributed by atoms with van der Waals surface area (Å²) in [5.74, 6) is 2.42. The Morgan fingerprint density at radius 3 is 2.10 bits per heavy atom.